The summed E-state index contributed by atoms with van der Waals surface area (Å²) in [6, 6.07) is 10.8. The van der Waals surface area contributed by atoms with E-state index < -0.39 is 5.97 Å². The largest absolute Gasteiger partial charge is 0.481 e. The molecular formula is C15H13N3O3. The first-order valence-electron chi connectivity index (χ1n) is 6.44. The van der Waals surface area contributed by atoms with Gasteiger partial charge in [0.1, 0.15) is 0 Å². The van der Waals surface area contributed by atoms with Gasteiger partial charge in [0, 0.05) is 17.7 Å². The van der Waals surface area contributed by atoms with Crippen LogP contribution in [0.5, 0.6) is 0 Å². The lowest BCUT2D eigenvalue weighted by molar-refractivity contribution is -0.136. The van der Waals surface area contributed by atoms with Crippen molar-refractivity contribution in [1.82, 2.24) is 14.6 Å². The number of hydrogen-bond acceptors (Lipinski definition) is 3. The van der Waals surface area contributed by atoms with Gasteiger partial charge >= 0.3 is 5.97 Å². The van der Waals surface area contributed by atoms with Crippen molar-refractivity contribution in [2.24, 2.45) is 0 Å². The van der Waals surface area contributed by atoms with Gasteiger partial charge in [-0.15, -0.1) is 0 Å². The van der Waals surface area contributed by atoms with E-state index in [1.807, 2.05) is 31.2 Å². The fraction of sp³-hybridized carbons (Fsp3) is 0.133. The summed E-state index contributed by atoms with van der Waals surface area (Å²) >= 11 is 0. The van der Waals surface area contributed by atoms with Crippen LogP contribution in [0.1, 0.15) is 11.3 Å². The number of carbonyl (C=O) groups is 1. The number of hydrogen-bond donors (Lipinski definition) is 2. The number of carboxylic acid groups (broad SMARTS) is 1. The first-order valence-corrected chi connectivity index (χ1v) is 6.44. The number of benzene rings is 1. The average Bonchev–Trinajstić information content (AvgIpc) is 2.82. The first-order chi connectivity index (χ1) is 10.0. The zero-order valence-corrected chi connectivity index (χ0v) is 11.3. The van der Waals surface area contributed by atoms with Gasteiger partial charge in [0.15, 0.2) is 5.65 Å². The Hall–Kier alpha value is -2.89. The maximum atomic E-state index is 12.0. The minimum atomic E-state index is -1.01. The molecule has 6 heteroatoms. The van der Waals surface area contributed by atoms with Crippen LogP contribution in [0.4, 0.5) is 0 Å². The Morgan fingerprint density at radius 2 is 2.10 bits per heavy atom. The molecule has 2 N–H and O–H groups in total. The molecule has 0 amide bonds. The minimum Gasteiger partial charge on any atom is -0.481 e. The first kappa shape index (κ1) is 13.1. The minimum absolute atomic E-state index is 0.253. The Balaban J connectivity index is 2.16. The van der Waals surface area contributed by atoms with Crippen molar-refractivity contribution >= 4 is 11.6 Å². The van der Waals surface area contributed by atoms with Gasteiger partial charge in [-0.3, -0.25) is 14.7 Å². The van der Waals surface area contributed by atoms with Gasteiger partial charge in [-0.2, -0.15) is 0 Å². The third kappa shape index (κ3) is 2.43. The van der Waals surface area contributed by atoms with Gasteiger partial charge in [0.05, 0.1) is 17.8 Å². The van der Waals surface area contributed by atoms with E-state index in [0.717, 1.165) is 16.8 Å². The summed E-state index contributed by atoms with van der Waals surface area (Å²) in [5.41, 5.74) is 3.16. The van der Waals surface area contributed by atoms with Crippen LogP contribution in [-0.2, 0) is 11.2 Å². The van der Waals surface area contributed by atoms with Gasteiger partial charge in [-0.05, 0) is 12.5 Å². The molecule has 0 aliphatic rings. The highest BCUT2D eigenvalue weighted by molar-refractivity contribution is 5.70. The quantitative estimate of drug-likeness (QED) is 0.764. The molecule has 3 rings (SSSR count). The summed E-state index contributed by atoms with van der Waals surface area (Å²) in [5.74, 6) is -1.01. The zero-order valence-electron chi connectivity index (χ0n) is 11.3. The topological polar surface area (TPSA) is 87.5 Å². The van der Waals surface area contributed by atoms with Crippen LogP contribution in [0.2, 0.25) is 0 Å². The summed E-state index contributed by atoms with van der Waals surface area (Å²) in [4.78, 5) is 26.9. The molecule has 6 nitrogen and oxygen atoms in total. The second-order valence-corrected chi connectivity index (χ2v) is 4.83. The number of aliphatic carboxylic acids is 1. The Kier molecular flexibility index (Phi) is 3.06. The molecule has 0 radical (unpaired) electrons. The van der Waals surface area contributed by atoms with Gasteiger partial charge in [0.2, 0.25) is 0 Å². The molecule has 21 heavy (non-hydrogen) atoms. The Labute approximate surface area is 119 Å². The molecule has 0 saturated heterocycles. The van der Waals surface area contributed by atoms with E-state index in [0.29, 0.717) is 5.65 Å². The Bertz CT molecular complexity index is 893. The number of H-pyrrole nitrogens is 1. The van der Waals surface area contributed by atoms with E-state index in [2.05, 4.69) is 10.1 Å². The van der Waals surface area contributed by atoms with E-state index in [9.17, 15) is 9.59 Å². The summed E-state index contributed by atoms with van der Waals surface area (Å²) < 4.78 is 1.31. The maximum absolute atomic E-state index is 12.0. The molecule has 1 aromatic carbocycles. The summed E-state index contributed by atoms with van der Waals surface area (Å²) in [6.07, 6.45) is -0.267. The van der Waals surface area contributed by atoms with Crippen molar-refractivity contribution in [3.63, 3.8) is 0 Å². The lowest BCUT2D eigenvalue weighted by Crippen LogP contribution is -2.17. The van der Waals surface area contributed by atoms with Crippen LogP contribution in [-0.4, -0.2) is 25.7 Å². The van der Waals surface area contributed by atoms with E-state index >= 15 is 0 Å². The number of nitrogens with zero attached hydrogens (tertiary/aromatic N) is 2. The molecule has 0 saturated carbocycles. The normalized spacial score (nSPS) is 10.9. The predicted molar refractivity (Wildman–Crippen MR) is 77.3 cm³/mol. The highest BCUT2D eigenvalue weighted by Gasteiger charge is 2.10. The molecule has 2 aromatic heterocycles. The average molecular weight is 283 g/mol. The number of aromatic amines is 1. The van der Waals surface area contributed by atoms with Crippen molar-refractivity contribution in [3.8, 4) is 11.3 Å². The smallest absolute Gasteiger partial charge is 0.309 e. The fourth-order valence-electron chi connectivity index (χ4n) is 2.30. The molecule has 0 aliphatic carbocycles. The van der Waals surface area contributed by atoms with E-state index in [-0.39, 0.29) is 17.7 Å². The lowest BCUT2D eigenvalue weighted by Gasteiger charge is -2.01. The number of aromatic nitrogens is 3. The van der Waals surface area contributed by atoms with E-state index in [4.69, 9.17) is 5.11 Å². The van der Waals surface area contributed by atoms with Crippen molar-refractivity contribution in [1.29, 1.82) is 0 Å². The molecule has 0 aliphatic heterocycles. The number of fused-ring (bicyclic) bond motifs is 1. The molecule has 0 bridgehead atoms. The molecule has 0 atom stereocenters. The standard InChI is InChI=1S/C15H13N3O3/c1-9-4-2-3-5-11(9)12-8-13-16-10(7-15(20)21)6-14(19)18(13)17-12/h2-6,8,17H,7H2,1H3,(H,20,21). The van der Waals surface area contributed by atoms with Crippen LogP contribution in [0.3, 0.4) is 0 Å². The van der Waals surface area contributed by atoms with Gasteiger partial charge in [-0.1, -0.05) is 24.3 Å². The fourth-order valence-corrected chi connectivity index (χ4v) is 2.30. The molecule has 0 spiro atoms. The van der Waals surface area contributed by atoms with Crippen molar-refractivity contribution in [3.05, 3.63) is 58.0 Å². The monoisotopic (exact) mass is 283 g/mol. The highest BCUT2D eigenvalue weighted by atomic mass is 16.4. The second kappa shape index (κ2) is 4.90. The molecule has 106 valence electrons. The number of carboxylic acids is 1. The molecule has 0 unspecified atom stereocenters. The van der Waals surface area contributed by atoms with Crippen LogP contribution in [0.15, 0.2) is 41.2 Å². The van der Waals surface area contributed by atoms with Crippen molar-refractivity contribution in [2.45, 2.75) is 13.3 Å². The number of aryl methyl sites for hydroxylation is 1. The predicted octanol–water partition coefficient (Wildman–Crippen LogP) is 1.63. The van der Waals surface area contributed by atoms with E-state index in [1.54, 1.807) is 6.07 Å². The Morgan fingerprint density at radius 1 is 1.33 bits per heavy atom. The SMILES string of the molecule is Cc1ccccc1-c1cc2nc(CC(=O)O)cc(=O)n2[nH]1. The van der Waals surface area contributed by atoms with Gasteiger partial charge in [0.25, 0.3) is 5.56 Å². The van der Waals surface area contributed by atoms with Crippen LogP contribution in [0.25, 0.3) is 16.9 Å². The third-order valence-electron chi connectivity index (χ3n) is 3.27. The van der Waals surface area contributed by atoms with Crippen LogP contribution in [0, 0.1) is 6.92 Å². The molecule has 0 fully saturated rings. The highest BCUT2D eigenvalue weighted by Crippen LogP contribution is 2.22. The maximum Gasteiger partial charge on any atom is 0.309 e. The van der Waals surface area contributed by atoms with Crippen LogP contribution < -0.4 is 5.56 Å². The third-order valence-corrected chi connectivity index (χ3v) is 3.27. The number of rotatable bonds is 3. The lowest BCUT2D eigenvalue weighted by atomic mass is 10.1. The van der Waals surface area contributed by atoms with Crippen LogP contribution >= 0.6 is 0 Å². The molecular weight excluding hydrogens is 270 g/mol. The molecule has 3 aromatic rings. The number of nitrogens with one attached hydrogen (secondary N) is 1. The molecule has 2 heterocycles. The summed E-state index contributed by atoms with van der Waals surface area (Å²) in [7, 11) is 0. The van der Waals surface area contributed by atoms with Gasteiger partial charge in [-0.25, -0.2) is 9.50 Å². The summed E-state index contributed by atoms with van der Waals surface area (Å²) in [6.45, 7) is 1.98. The Morgan fingerprint density at radius 3 is 2.81 bits per heavy atom. The summed E-state index contributed by atoms with van der Waals surface area (Å²) in [5, 5.41) is 11.8. The van der Waals surface area contributed by atoms with Gasteiger partial charge < -0.3 is 5.11 Å². The second-order valence-electron chi connectivity index (χ2n) is 4.83. The van der Waals surface area contributed by atoms with Crippen molar-refractivity contribution in [2.75, 3.05) is 0 Å². The zero-order chi connectivity index (χ0) is 15.0. The van der Waals surface area contributed by atoms with Crippen molar-refractivity contribution < 1.29 is 9.90 Å². The van der Waals surface area contributed by atoms with E-state index in [1.165, 1.54) is 10.6 Å².